The van der Waals surface area contributed by atoms with E-state index in [4.69, 9.17) is 13.9 Å². The number of benzene rings is 1. The molecule has 2 N–H and O–H groups in total. The summed E-state index contributed by atoms with van der Waals surface area (Å²) in [5.74, 6) is 5.04. The maximum absolute atomic E-state index is 12.6. The number of carbonyl (C=O) groups is 1. The van der Waals surface area contributed by atoms with Crippen LogP contribution >= 0.6 is 0 Å². The van der Waals surface area contributed by atoms with Crippen LogP contribution in [0.4, 0.5) is 4.79 Å². The Morgan fingerprint density at radius 3 is 1.98 bits per heavy atom. The second-order valence-electron chi connectivity index (χ2n) is 13.3. The SMILES string of the molecule is CC(C)N(C(=O)O/C=C\[C@H](C)[C@H](O)[C@@H](CCO[Si](C(C)C)(C(C)C)C(C)C)[C@@H](O)C#CCCOCc1ccccc1)C(C)C. The van der Waals surface area contributed by atoms with Crippen LogP contribution in [0.15, 0.2) is 42.7 Å². The predicted molar refractivity (Wildman–Crippen MR) is 183 cm³/mol. The van der Waals surface area contributed by atoms with Crippen molar-refractivity contribution in [2.45, 2.75) is 137 Å². The van der Waals surface area contributed by atoms with Crippen molar-refractivity contribution in [1.29, 1.82) is 0 Å². The molecule has 1 rings (SSSR count). The minimum atomic E-state index is -2.11. The molecule has 0 aromatic heterocycles. The normalized spacial score (nSPS) is 15.1. The number of nitrogens with zero attached hydrogens (tertiary/aromatic N) is 1. The fraction of sp³-hybridized carbons (Fsp3) is 0.694. The zero-order valence-electron chi connectivity index (χ0n) is 29.2. The molecule has 1 aromatic carbocycles. The molecule has 0 fully saturated rings. The van der Waals surface area contributed by atoms with Crippen LogP contribution in [0.3, 0.4) is 0 Å². The molecular formula is C36H61NO6Si. The smallest absolute Gasteiger partial charge is 0.415 e. The Morgan fingerprint density at radius 2 is 1.45 bits per heavy atom. The minimum absolute atomic E-state index is 0.000980. The lowest BCUT2D eigenvalue weighted by molar-refractivity contribution is 0.00606. The Morgan fingerprint density at radius 1 is 0.886 bits per heavy atom. The summed E-state index contributed by atoms with van der Waals surface area (Å²) in [6, 6.07) is 9.95. The van der Waals surface area contributed by atoms with Gasteiger partial charge in [-0.2, -0.15) is 0 Å². The van der Waals surface area contributed by atoms with E-state index in [-0.39, 0.29) is 12.1 Å². The van der Waals surface area contributed by atoms with Crippen molar-refractivity contribution in [1.82, 2.24) is 4.90 Å². The van der Waals surface area contributed by atoms with Crippen LogP contribution in [-0.2, 0) is 20.5 Å². The van der Waals surface area contributed by atoms with Crippen LogP contribution in [-0.4, -0.2) is 67.0 Å². The molecule has 8 heteroatoms. The van der Waals surface area contributed by atoms with E-state index in [0.29, 0.717) is 49.3 Å². The molecule has 44 heavy (non-hydrogen) atoms. The molecule has 0 saturated carbocycles. The molecule has 0 heterocycles. The molecule has 7 nitrogen and oxygen atoms in total. The fourth-order valence-electron chi connectivity index (χ4n) is 6.36. The van der Waals surface area contributed by atoms with E-state index in [1.165, 1.54) is 6.26 Å². The lowest BCUT2D eigenvalue weighted by atomic mass is 9.85. The van der Waals surface area contributed by atoms with Crippen molar-refractivity contribution >= 4 is 14.4 Å². The summed E-state index contributed by atoms with van der Waals surface area (Å²) >= 11 is 0. The third kappa shape index (κ3) is 12.3. The quantitative estimate of drug-likeness (QED) is 0.0741. The Balaban J connectivity index is 3.00. The number of amides is 1. The molecule has 4 atom stereocenters. The van der Waals surface area contributed by atoms with Crippen LogP contribution in [0.1, 0.15) is 94.6 Å². The van der Waals surface area contributed by atoms with Crippen molar-refractivity contribution in [3.8, 4) is 11.8 Å². The Kier molecular flexibility index (Phi) is 18.2. The summed E-state index contributed by atoms with van der Waals surface area (Å²) in [6.07, 6.45) is 1.53. The zero-order chi connectivity index (χ0) is 33.4. The first kappa shape index (κ1) is 39.9. The van der Waals surface area contributed by atoms with Gasteiger partial charge in [0.25, 0.3) is 0 Å². The molecule has 0 aliphatic carbocycles. The number of ether oxygens (including phenoxy) is 2. The van der Waals surface area contributed by atoms with Gasteiger partial charge in [-0.05, 0) is 62.4 Å². The highest BCUT2D eigenvalue weighted by Gasteiger charge is 2.45. The third-order valence-corrected chi connectivity index (χ3v) is 14.6. The summed E-state index contributed by atoms with van der Waals surface area (Å²) in [4.78, 5) is 14.3. The summed E-state index contributed by atoms with van der Waals surface area (Å²) in [7, 11) is -2.11. The van der Waals surface area contributed by atoms with Crippen LogP contribution in [0.2, 0.25) is 16.6 Å². The van der Waals surface area contributed by atoms with Crippen LogP contribution in [0.5, 0.6) is 0 Å². The molecule has 1 amide bonds. The predicted octanol–water partition coefficient (Wildman–Crippen LogP) is 7.92. The van der Waals surface area contributed by atoms with Crippen LogP contribution < -0.4 is 0 Å². The van der Waals surface area contributed by atoms with E-state index >= 15 is 0 Å². The topological polar surface area (TPSA) is 88.5 Å². The highest BCUT2D eigenvalue weighted by atomic mass is 28.4. The molecule has 0 radical (unpaired) electrons. The second-order valence-corrected chi connectivity index (χ2v) is 18.8. The van der Waals surface area contributed by atoms with Gasteiger partial charge >= 0.3 is 6.09 Å². The molecule has 0 bridgehead atoms. The molecule has 0 aliphatic heterocycles. The highest BCUT2D eigenvalue weighted by Crippen LogP contribution is 2.42. The molecular weight excluding hydrogens is 570 g/mol. The van der Waals surface area contributed by atoms with Crippen molar-refractivity contribution in [3.05, 3.63) is 48.2 Å². The van der Waals surface area contributed by atoms with Crippen molar-refractivity contribution < 1.29 is 28.9 Å². The minimum Gasteiger partial charge on any atom is -0.418 e. The van der Waals surface area contributed by atoms with Crippen LogP contribution in [0.25, 0.3) is 0 Å². The molecule has 0 spiro atoms. The Hall–Kier alpha value is -2.15. The Bertz CT molecular complexity index is 1000. The number of hydrogen-bond acceptors (Lipinski definition) is 6. The fourth-order valence-corrected chi connectivity index (χ4v) is 11.8. The molecule has 0 aliphatic rings. The monoisotopic (exact) mass is 631 g/mol. The van der Waals surface area contributed by atoms with Crippen molar-refractivity contribution in [2.24, 2.45) is 11.8 Å². The lowest BCUT2D eigenvalue weighted by Crippen LogP contribution is -2.48. The van der Waals surface area contributed by atoms with Crippen molar-refractivity contribution in [3.63, 3.8) is 0 Å². The van der Waals surface area contributed by atoms with E-state index in [1.807, 2.05) is 65.0 Å². The standard InChI is InChI=1S/C36H61NO6Si/c1-26(2)37(27(3)4)36(40)42-23-20-31(11)35(39)33(21-24-43-44(28(5)6,29(7)8)30(9)10)34(38)19-15-16-22-41-25-32-17-13-12-14-18-32/h12-14,17-18,20,23,26-31,33-35,38-39H,16,21-22,24-25H2,1-11H3/b23-20-/t31-,33-,34-,35-/m0/s1. The first-order valence-electron chi connectivity index (χ1n) is 16.4. The van der Waals surface area contributed by atoms with Gasteiger partial charge in [0.05, 0.1) is 25.6 Å². The van der Waals surface area contributed by atoms with E-state index in [2.05, 4.69) is 53.4 Å². The van der Waals surface area contributed by atoms with Gasteiger partial charge in [-0.15, -0.1) is 0 Å². The van der Waals surface area contributed by atoms with Crippen molar-refractivity contribution in [2.75, 3.05) is 13.2 Å². The van der Waals surface area contributed by atoms with Gasteiger partial charge in [0.2, 0.25) is 0 Å². The van der Waals surface area contributed by atoms with Gasteiger partial charge in [0.1, 0.15) is 6.10 Å². The highest BCUT2D eigenvalue weighted by molar-refractivity contribution is 6.77. The number of aliphatic hydroxyl groups excluding tert-OH is 2. The summed E-state index contributed by atoms with van der Waals surface area (Å²) < 4.78 is 17.9. The zero-order valence-corrected chi connectivity index (χ0v) is 30.2. The van der Waals surface area contributed by atoms with Crippen LogP contribution in [0, 0.1) is 23.7 Å². The van der Waals surface area contributed by atoms with Gasteiger partial charge < -0.3 is 29.0 Å². The summed E-state index contributed by atoms with van der Waals surface area (Å²) in [6.45, 7) is 24.5. The Labute approximate surface area is 269 Å². The van der Waals surface area contributed by atoms with Gasteiger partial charge in [-0.25, -0.2) is 4.79 Å². The molecule has 0 saturated heterocycles. The largest absolute Gasteiger partial charge is 0.418 e. The summed E-state index contributed by atoms with van der Waals surface area (Å²) in [5, 5.41) is 22.6. The maximum Gasteiger partial charge on any atom is 0.415 e. The average molecular weight is 632 g/mol. The molecule has 250 valence electrons. The first-order chi connectivity index (χ1) is 20.7. The van der Waals surface area contributed by atoms with E-state index in [0.717, 1.165) is 5.56 Å². The first-order valence-corrected chi connectivity index (χ1v) is 18.6. The average Bonchev–Trinajstić information content (AvgIpc) is 2.94. The van der Waals surface area contributed by atoms with E-state index in [9.17, 15) is 15.0 Å². The lowest BCUT2D eigenvalue weighted by Gasteiger charge is -2.42. The van der Waals surface area contributed by atoms with Gasteiger partial charge in [0.15, 0.2) is 8.32 Å². The third-order valence-electron chi connectivity index (χ3n) is 8.50. The van der Waals surface area contributed by atoms with Gasteiger partial charge in [-0.1, -0.05) is 90.6 Å². The second kappa shape index (κ2) is 20.1. The van der Waals surface area contributed by atoms with E-state index in [1.54, 1.807) is 11.0 Å². The molecule has 0 unspecified atom stereocenters. The number of hydrogen-bond donors (Lipinski definition) is 2. The molecule has 1 aromatic rings. The number of rotatable bonds is 18. The maximum atomic E-state index is 12.6. The number of carbonyl (C=O) groups excluding carboxylic acids is 1. The number of aliphatic hydroxyl groups is 2. The van der Waals surface area contributed by atoms with Gasteiger partial charge in [0, 0.05) is 36.9 Å². The van der Waals surface area contributed by atoms with E-state index < -0.39 is 38.5 Å². The van der Waals surface area contributed by atoms with Gasteiger partial charge in [-0.3, -0.25) is 0 Å². The summed E-state index contributed by atoms with van der Waals surface area (Å²) in [5.41, 5.74) is 2.39.